The molecule has 8 heteroatoms. The molecule has 0 aliphatic rings. The summed E-state index contributed by atoms with van der Waals surface area (Å²) in [6, 6.07) is 3.40. The first-order valence-corrected chi connectivity index (χ1v) is 6.84. The van der Waals surface area contributed by atoms with Gasteiger partial charge in [-0.3, -0.25) is 4.79 Å². The number of rotatable bonds is 4. The van der Waals surface area contributed by atoms with E-state index in [1.807, 2.05) is 0 Å². The maximum absolute atomic E-state index is 13.1. The molecule has 0 aliphatic heterocycles. The van der Waals surface area contributed by atoms with Crippen LogP contribution in [0.3, 0.4) is 0 Å². The third-order valence-electron chi connectivity index (χ3n) is 2.81. The summed E-state index contributed by atoms with van der Waals surface area (Å²) in [5.74, 6) is -1.12. The summed E-state index contributed by atoms with van der Waals surface area (Å²) in [6.45, 7) is 5.12. The molecule has 0 spiro atoms. The molecule has 0 unspecified atom stereocenters. The number of aryl methyl sites for hydroxylation is 1. The minimum absolute atomic E-state index is 0.0442. The Labute approximate surface area is 131 Å². The largest absolute Gasteiger partial charge is 0.460 e. The van der Waals surface area contributed by atoms with E-state index in [1.165, 1.54) is 6.07 Å². The van der Waals surface area contributed by atoms with Gasteiger partial charge in [0.15, 0.2) is 5.84 Å². The first-order chi connectivity index (χ1) is 10.4. The summed E-state index contributed by atoms with van der Waals surface area (Å²) in [7, 11) is 0. The van der Waals surface area contributed by atoms with Crippen LogP contribution < -0.4 is 5.73 Å². The summed E-state index contributed by atoms with van der Waals surface area (Å²) in [4.78, 5) is 11.6. The molecule has 0 saturated carbocycles. The molecule has 1 aromatic carbocycles. The van der Waals surface area contributed by atoms with Gasteiger partial charge < -0.3 is 15.7 Å². The van der Waals surface area contributed by atoms with Gasteiger partial charge >= 0.3 is 12.1 Å². The molecule has 3 N–H and O–H groups in total. The molecular formula is C15H19F3N2O3. The second kappa shape index (κ2) is 6.89. The van der Waals surface area contributed by atoms with Crippen LogP contribution in [0, 0.1) is 0 Å². The highest BCUT2D eigenvalue weighted by atomic mass is 19.4. The van der Waals surface area contributed by atoms with E-state index in [0.717, 1.165) is 12.1 Å². The number of hydrogen-bond donors (Lipinski definition) is 2. The van der Waals surface area contributed by atoms with Crippen LogP contribution in [-0.4, -0.2) is 22.6 Å². The summed E-state index contributed by atoms with van der Waals surface area (Å²) in [5, 5.41) is 11.2. The van der Waals surface area contributed by atoms with Gasteiger partial charge in [-0.1, -0.05) is 17.3 Å². The number of hydrogen-bond acceptors (Lipinski definition) is 4. The van der Waals surface area contributed by atoms with Crippen molar-refractivity contribution in [1.82, 2.24) is 0 Å². The molecule has 23 heavy (non-hydrogen) atoms. The number of carbonyl (C=O) groups is 1. The van der Waals surface area contributed by atoms with Crippen molar-refractivity contribution >= 4 is 11.8 Å². The molecule has 0 saturated heterocycles. The van der Waals surface area contributed by atoms with Crippen molar-refractivity contribution in [3.05, 3.63) is 34.9 Å². The van der Waals surface area contributed by atoms with Crippen LogP contribution in [0.4, 0.5) is 13.2 Å². The highest BCUT2D eigenvalue weighted by Gasteiger charge is 2.34. The fourth-order valence-electron chi connectivity index (χ4n) is 1.90. The van der Waals surface area contributed by atoms with E-state index in [1.54, 1.807) is 20.8 Å². The Morgan fingerprint density at radius 1 is 1.30 bits per heavy atom. The van der Waals surface area contributed by atoms with Crippen LogP contribution in [0.2, 0.25) is 0 Å². The van der Waals surface area contributed by atoms with E-state index in [2.05, 4.69) is 5.16 Å². The molecule has 0 radical (unpaired) electrons. The van der Waals surface area contributed by atoms with Crippen molar-refractivity contribution in [2.24, 2.45) is 10.9 Å². The monoisotopic (exact) mass is 332 g/mol. The maximum atomic E-state index is 13.1. The number of amidine groups is 1. The van der Waals surface area contributed by atoms with Gasteiger partial charge in [-0.25, -0.2) is 0 Å². The van der Waals surface area contributed by atoms with Crippen molar-refractivity contribution in [2.45, 2.75) is 45.4 Å². The number of esters is 1. The first-order valence-electron chi connectivity index (χ1n) is 6.84. The molecule has 0 bridgehead atoms. The molecule has 5 nitrogen and oxygen atoms in total. The molecule has 128 valence electrons. The highest BCUT2D eigenvalue weighted by Crippen LogP contribution is 2.33. The Morgan fingerprint density at radius 3 is 2.39 bits per heavy atom. The van der Waals surface area contributed by atoms with Crippen LogP contribution >= 0.6 is 0 Å². The first kappa shape index (κ1) is 18.8. The van der Waals surface area contributed by atoms with Crippen LogP contribution in [-0.2, 0) is 22.1 Å². The topological polar surface area (TPSA) is 84.9 Å². The normalized spacial score (nSPS) is 13.0. The van der Waals surface area contributed by atoms with Crippen LogP contribution in [0.1, 0.15) is 43.9 Å². The standard InChI is InChI=1S/C15H19F3N2O3/c1-14(2,3)23-12(21)7-5-9-4-6-10(13(19)20-22)11(8-9)15(16,17)18/h4,6,8,22H,5,7H2,1-3H3,(H2,19,20). The van der Waals surface area contributed by atoms with Crippen LogP contribution in [0.15, 0.2) is 23.4 Å². The number of halogens is 3. The molecule has 0 atom stereocenters. The summed E-state index contributed by atoms with van der Waals surface area (Å²) in [6.07, 6.45) is -4.61. The van der Waals surface area contributed by atoms with Crippen molar-refractivity contribution < 1.29 is 27.9 Å². The van der Waals surface area contributed by atoms with Crippen LogP contribution in [0.5, 0.6) is 0 Å². The van der Waals surface area contributed by atoms with Crippen molar-refractivity contribution in [3.8, 4) is 0 Å². The van der Waals surface area contributed by atoms with Crippen molar-refractivity contribution in [2.75, 3.05) is 0 Å². The Morgan fingerprint density at radius 2 is 1.91 bits per heavy atom. The lowest BCUT2D eigenvalue weighted by Gasteiger charge is -2.19. The Hall–Kier alpha value is -2.25. The van der Waals surface area contributed by atoms with Crippen molar-refractivity contribution in [1.29, 1.82) is 0 Å². The summed E-state index contributed by atoms with van der Waals surface area (Å²) in [5.41, 5.74) is 3.48. The maximum Gasteiger partial charge on any atom is 0.417 e. The predicted octanol–water partition coefficient (Wildman–Crippen LogP) is 3.07. The average Bonchev–Trinajstić information content (AvgIpc) is 2.41. The minimum Gasteiger partial charge on any atom is -0.460 e. The number of oxime groups is 1. The molecule has 0 amide bonds. The van der Waals surface area contributed by atoms with Crippen LogP contribution in [0.25, 0.3) is 0 Å². The quantitative estimate of drug-likeness (QED) is 0.292. The summed E-state index contributed by atoms with van der Waals surface area (Å²) >= 11 is 0. The van der Waals surface area contributed by atoms with Gasteiger partial charge in [0, 0.05) is 12.0 Å². The lowest BCUT2D eigenvalue weighted by Crippen LogP contribution is -2.24. The molecule has 0 aliphatic carbocycles. The van der Waals surface area contributed by atoms with E-state index < -0.39 is 34.7 Å². The average molecular weight is 332 g/mol. The number of carbonyl (C=O) groups excluding carboxylic acids is 1. The molecule has 0 heterocycles. The Balaban J connectivity index is 2.97. The molecule has 0 aromatic heterocycles. The van der Waals surface area contributed by atoms with Gasteiger partial charge in [-0.05, 0) is 38.8 Å². The van der Waals surface area contributed by atoms with Gasteiger partial charge in [-0.2, -0.15) is 13.2 Å². The van der Waals surface area contributed by atoms with Gasteiger partial charge in [0.25, 0.3) is 0 Å². The molecule has 0 fully saturated rings. The van der Waals surface area contributed by atoms with Gasteiger partial charge in [-0.15, -0.1) is 0 Å². The Kier molecular flexibility index (Phi) is 5.63. The third kappa shape index (κ3) is 5.80. The third-order valence-corrected chi connectivity index (χ3v) is 2.81. The predicted molar refractivity (Wildman–Crippen MR) is 78.1 cm³/mol. The van der Waals surface area contributed by atoms with E-state index >= 15 is 0 Å². The van der Waals surface area contributed by atoms with E-state index in [0.29, 0.717) is 5.56 Å². The highest BCUT2D eigenvalue weighted by molar-refractivity contribution is 5.98. The van der Waals surface area contributed by atoms with E-state index in [9.17, 15) is 18.0 Å². The zero-order chi connectivity index (χ0) is 17.8. The molecule has 1 aromatic rings. The van der Waals surface area contributed by atoms with Crippen molar-refractivity contribution in [3.63, 3.8) is 0 Å². The zero-order valence-corrected chi connectivity index (χ0v) is 13.1. The second-order valence-corrected chi connectivity index (χ2v) is 5.95. The smallest absolute Gasteiger partial charge is 0.417 e. The lowest BCUT2D eigenvalue weighted by atomic mass is 10.00. The molecular weight excluding hydrogens is 313 g/mol. The number of nitrogens with zero attached hydrogens (tertiary/aromatic N) is 1. The minimum atomic E-state index is -4.66. The lowest BCUT2D eigenvalue weighted by molar-refractivity contribution is -0.154. The van der Waals surface area contributed by atoms with Gasteiger partial charge in [0.1, 0.15) is 5.60 Å². The number of nitrogens with two attached hydrogens (primary N) is 1. The fourth-order valence-corrected chi connectivity index (χ4v) is 1.90. The van der Waals surface area contributed by atoms with E-state index in [4.69, 9.17) is 15.7 Å². The summed E-state index contributed by atoms with van der Waals surface area (Å²) < 4.78 is 44.3. The number of alkyl halides is 3. The zero-order valence-electron chi connectivity index (χ0n) is 13.1. The number of ether oxygens (including phenoxy) is 1. The van der Waals surface area contributed by atoms with Gasteiger partial charge in [0.05, 0.1) is 5.56 Å². The van der Waals surface area contributed by atoms with E-state index in [-0.39, 0.29) is 12.8 Å². The Bertz CT molecular complexity index is 605. The van der Waals surface area contributed by atoms with Gasteiger partial charge in [0.2, 0.25) is 0 Å². The number of benzene rings is 1. The fraction of sp³-hybridized carbons (Fsp3) is 0.467. The SMILES string of the molecule is CC(C)(C)OC(=O)CCc1ccc(/C(N)=N/O)c(C(F)(F)F)c1. The second-order valence-electron chi connectivity index (χ2n) is 5.95. The molecule has 1 rings (SSSR count).